The summed E-state index contributed by atoms with van der Waals surface area (Å²) in [6.07, 6.45) is -0.219. The van der Waals surface area contributed by atoms with Gasteiger partial charge < -0.3 is 24.8 Å². The molecule has 0 spiro atoms. The van der Waals surface area contributed by atoms with Crippen LogP contribution in [-0.4, -0.2) is 39.5 Å². The average molecular weight is 498 g/mol. The first-order chi connectivity index (χ1) is 15.4. The van der Waals surface area contributed by atoms with Crippen LogP contribution in [0.15, 0.2) is 71.3 Å². The van der Waals surface area contributed by atoms with Gasteiger partial charge in [-0.1, -0.05) is 58.4 Å². The van der Waals surface area contributed by atoms with Crippen molar-refractivity contribution in [1.29, 1.82) is 0 Å². The highest BCUT2D eigenvalue weighted by Gasteiger charge is 2.78. The summed E-state index contributed by atoms with van der Waals surface area (Å²) in [5.74, 6) is -3.16. The lowest BCUT2D eigenvalue weighted by Crippen LogP contribution is -2.52. The molecule has 1 saturated carbocycles. The number of hydrogen-bond acceptors (Lipinski definition) is 6. The number of nitrogens with zero attached hydrogens (tertiary/aromatic N) is 1. The Kier molecular flexibility index (Phi) is 4.77. The van der Waals surface area contributed by atoms with Crippen molar-refractivity contribution in [2.45, 2.75) is 23.2 Å². The van der Waals surface area contributed by atoms with E-state index in [1.54, 1.807) is 54.6 Å². The molecule has 2 aliphatic rings. The quantitative estimate of drug-likeness (QED) is 0.507. The van der Waals surface area contributed by atoms with Crippen molar-refractivity contribution in [2.75, 3.05) is 7.11 Å². The standard InChI is InChI=1S/C24H20BrNO6/c1-31-21-19-16(11-12-26-21)32-24(14-7-9-15(25)10-8-14)18(13-5-3-2-4-6-13)17(22(28)29)20(27)23(19,24)30/h2-12,17-18,20,27,30H,1H3,(H,28,29)/t17-,18-,20-,23+,24+/m1/s1. The van der Waals surface area contributed by atoms with Gasteiger partial charge in [0.1, 0.15) is 11.9 Å². The molecule has 1 fully saturated rings. The molecule has 3 aromatic rings. The van der Waals surface area contributed by atoms with E-state index in [2.05, 4.69) is 20.9 Å². The third kappa shape index (κ3) is 2.54. The predicted octanol–water partition coefficient (Wildman–Crippen LogP) is 3.19. The molecule has 2 heterocycles. The molecule has 1 aliphatic heterocycles. The number of carboxylic acids is 1. The topological polar surface area (TPSA) is 109 Å². The summed E-state index contributed by atoms with van der Waals surface area (Å²) in [5.41, 5.74) is -2.49. The van der Waals surface area contributed by atoms with Crippen LogP contribution in [0.25, 0.3) is 0 Å². The van der Waals surface area contributed by atoms with Crippen LogP contribution in [0.3, 0.4) is 0 Å². The average Bonchev–Trinajstić information content (AvgIpc) is 3.18. The molecule has 5 atom stereocenters. The molecule has 0 saturated heterocycles. The van der Waals surface area contributed by atoms with Gasteiger partial charge in [-0.3, -0.25) is 4.79 Å². The van der Waals surface area contributed by atoms with Gasteiger partial charge in [-0.2, -0.15) is 0 Å². The smallest absolute Gasteiger partial charge is 0.310 e. The Hall–Kier alpha value is -2.94. The van der Waals surface area contributed by atoms with Crippen LogP contribution in [0, 0.1) is 5.92 Å². The maximum absolute atomic E-state index is 12.5. The first-order valence-electron chi connectivity index (χ1n) is 10.0. The molecule has 0 bridgehead atoms. The molecule has 0 unspecified atom stereocenters. The zero-order chi connectivity index (χ0) is 22.7. The van der Waals surface area contributed by atoms with Crippen LogP contribution in [0.4, 0.5) is 0 Å². The molecule has 8 heteroatoms. The molecule has 0 radical (unpaired) electrons. The molecule has 2 aromatic carbocycles. The number of pyridine rings is 1. The molecule has 7 nitrogen and oxygen atoms in total. The van der Waals surface area contributed by atoms with E-state index >= 15 is 0 Å². The van der Waals surface area contributed by atoms with Crippen LogP contribution < -0.4 is 9.47 Å². The fraction of sp³-hybridized carbons (Fsp3) is 0.250. The van der Waals surface area contributed by atoms with E-state index < -0.39 is 35.1 Å². The van der Waals surface area contributed by atoms with E-state index in [9.17, 15) is 20.1 Å². The Morgan fingerprint density at radius 1 is 1.12 bits per heavy atom. The van der Waals surface area contributed by atoms with E-state index in [0.29, 0.717) is 11.1 Å². The second-order valence-corrected chi connectivity index (χ2v) is 8.92. The van der Waals surface area contributed by atoms with Crippen molar-refractivity contribution >= 4 is 21.9 Å². The molecule has 0 amide bonds. The molecule has 1 aromatic heterocycles. The fourth-order valence-corrected chi connectivity index (χ4v) is 5.62. The molecule has 1 aliphatic carbocycles. The van der Waals surface area contributed by atoms with Crippen molar-refractivity contribution in [3.05, 3.63) is 88.0 Å². The van der Waals surface area contributed by atoms with Crippen molar-refractivity contribution in [1.82, 2.24) is 4.98 Å². The van der Waals surface area contributed by atoms with Gasteiger partial charge in [0.25, 0.3) is 0 Å². The minimum Gasteiger partial charge on any atom is -0.481 e. The monoisotopic (exact) mass is 497 g/mol. The molecule has 3 N–H and O–H groups in total. The van der Waals surface area contributed by atoms with E-state index in [1.165, 1.54) is 13.3 Å². The minimum absolute atomic E-state index is 0.0703. The van der Waals surface area contributed by atoms with Gasteiger partial charge >= 0.3 is 5.97 Å². The van der Waals surface area contributed by atoms with Crippen LogP contribution in [0.1, 0.15) is 22.6 Å². The Morgan fingerprint density at radius 3 is 2.44 bits per heavy atom. The minimum atomic E-state index is -2.14. The number of fused-ring (bicyclic) bond motifs is 3. The number of benzene rings is 2. The van der Waals surface area contributed by atoms with Gasteiger partial charge in [0.05, 0.1) is 18.6 Å². The van der Waals surface area contributed by atoms with E-state index in [4.69, 9.17) is 9.47 Å². The highest BCUT2D eigenvalue weighted by Crippen LogP contribution is 2.69. The lowest BCUT2D eigenvalue weighted by molar-refractivity contribution is -0.159. The van der Waals surface area contributed by atoms with Crippen LogP contribution in [-0.2, 0) is 16.0 Å². The lowest BCUT2D eigenvalue weighted by Gasteiger charge is -2.40. The zero-order valence-corrected chi connectivity index (χ0v) is 18.6. The number of rotatable bonds is 4. The highest BCUT2D eigenvalue weighted by molar-refractivity contribution is 9.10. The summed E-state index contributed by atoms with van der Waals surface area (Å²) in [4.78, 5) is 16.7. The number of halogens is 1. The summed E-state index contributed by atoms with van der Waals surface area (Å²) >= 11 is 3.42. The number of aliphatic carboxylic acids is 1. The Balaban J connectivity index is 1.89. The molecule has 164 valence electrons. The number of carboxylic acid groups (broad SMARTS) is 1. The second kappa shape index (κ2) is 7.30. The number of ether oxygens (including phenoxy) is 2. The summed E-state index contributed by atoms with van der Waals surface area (Å²) in [6, 6.07) is 17.6. The Labute approximate surface area is 192 Å². The Morgan fingerprint density at radius 2 is 1.81 bits per heavy atom. The van der Waals surface area contributed by atoms with Crippen molar-refractivity contribution in [3.8, 4) is 11.6 Å². The normalized spacial score (nSPS) is 30.3. The number of aromatic nitrogens is 1. The fourth-order valence-electron chi connectivity index (χ4n) is 5.35. The predicted molar refractivity (Wildman–Crippen MR) is 117 cm³/mol. The van der Waals surface area contributed by atoms with Gasteiger partial charge in [0, 0.05) is 16.6 Å². The Bertz CT molecular complexity index is 1190. The number of hydrogen-bond donors (Lipinski definition) is 3. The number of aliphatic hydroxyl groups is 2. The molecule has 32 heavy (non-hydrogen) atoms. The largest absolute Gasteiger partial charge is 0.481 e. The second-order valence-electron chi connectivity index (χ2n) is 8.00. The first-order valence-corrected chi connectivity index (χ1v) is 10.8. The van der Waals surface area contributed by atoms with E-state index in [0.717, 1.165) is 4.47 Å². The molecule has 5 rings (SSSR count). The maximum atomic E-state index is 12.5. The third-order valence-electron chi connectivity index (χ3n) is 6.57. The van der Waals surface area contributed by atoms with E-state index in [1.807, 2.05) is 6.07 Å². The summed E-state index contributed by atoms with van der Waals surface area (Å²) < 4.78 is 12.7. The lowest BCUT2D eigenvalue weighted by atomic mass is 9.71. The summed E-state index contributed by atoms with van der Waals surface area (Å²) in [6.45, 7) is 0. The van der Waals surface area contributed by atoms with Crippen LogP contribution >= 0.6 is 15.9 Å². The SMILES string of the molecule is COc1nccc2c1[C@]1(O)[C@H](O)[C@H](C(=O)O)[C@@H](c3ccccc3)[C@]1(c1ccc(Br)cc1)O2. The van der Waals surface area contributed by atoms with E-state index in [-0.39, 0.29) is 17.2 Å². The molecular formula is C24H20BrNO6. The number of aliphatic hydroxyl groups excluding tert-OH is 1. The van der Waals surface area contributed by atoms with Crippen molar-refractivity contribution < 1.29 is 29.6 Å². The third-order valence-corrected chi connectivity index (χ3v) is 7.10. The van der Waals surface area contributed by atoms with Crippen molar-refractivity contribution in [3.63, 3.8) is 0 Å². The number of methoxy groups -OCH3 is 1. The van der Waals surface area contributed by atoms with Crippen LogP contribution in [0.5, 0.6) is 11.6 Å². The highest BCUT2D eigenvalue weighted by atomic mass is 79.9. The van der Waals surface area contributed by atoms with Crippen LogP contribution in [0.2, 0.25) is 0 Å². The summed E-state index contributed by atoms with van der Waals surface area (Å²) in [5, 5.41) is 34.0. The van der Waals surface area contributed by atoms with Gasteiger partial charge in [-0.25, -0.2) is 4.98 Å². The molecular weight excluding hydrogens is 478 g/mol. The van der Waals surface area contributed by atoms with Gasteiger partial charge in [0.15, 0.2) is 11.2 Å². The summed E-state index contributed by atoms with van der Waals surface area (Å²) in [7, 11) is 1.40. The van der Waals surface area contributed by atoms with Gasteiger partial charge in [0.2, 0.25) is 5.88 Å². The zero-order valence-electron chi connectivity index (χ0n) is 17.0. The van der Waals surface area contributed by atoms with Crippen molar-refractivity contribution in [2.24, 2.45) is 5.92 Å². The first kappa shape index (κ1) is 20.9. The van der Waals surface area contributed by atoms with Gasteiger partial charge in [-0.05, 0) is 29.3 Å². The maximum Gasteiger partial charge on any atom is 0.310 e. The number of carbonyl (C=O) groups is 1. The van der Waals surface area contributed by atoms with Gasteiger partial charge in [-0.15, -0.1) is 0 Å².